The van der Waals surface area contributed by atoms with Crippen LogP contribution in [0.2, 0.25) is 0 Å². The smallest absolute Gasteiger partial charge is 0.225 e. The fourth-order valence-corrected chi connectivity index (χ4v) is 3.41. The Hall–Kier alpha value is -3.16. The predicted molar refractivity (Wildman–Crippen MR) is 103 cm³/mol. The largest absolute Gasteiger partial charge is 0.434 e. The zero-order valence-electron chi connectivity index (χ0n) is 15.7. The Bertz CT molecular complexity index is 1280. The summed E-state index contributed by atoms with van der Waals surface area (Å²) in [6, 6.07) is 10.8. The van der Waals surface area contributed by atoms with Crippen molar-refractivity contribution in [2.75, 3.05) is 0 Å². The van der Waals surface area contributed by atoms with Crippen molar-refractivity contribution in [3.63, 3.8) is 0 Å². The second-order valence-corrected chi connectivity index (χ2v) is 7.94. The first-order chi connectivity index (χ1) is 13.9. The van der Waals surface area contributed by atoms with Gasteiger partial charge in [0.1, 0.15) is 11.5 Å². The highest BCUT2D eigenvalue weighted by molar-refractivity contribution is 7.89. The van der Waals surface area contributed by atoms with Crippen LogP contribution in [0.5, 0.6) is 0 Å². The van der Waals surface area contributed by atoms with Gasteiger partial charge in [-0.3, -0.25) is 0 Å². The first kappa shape index (κ1) is 21.5. The van der Waals surface area contributed by atoms with Gasteiger partial charge in [-0.05, 0) is 43.2 Å². The van der Waals surface area contributed by atoms with Crippen LogP contribution in [0.1, 0.15) is 18.2 Å². The molecular formula is C20H15F4N3O2S. The van der Waals surface area contributed by atoms with Crippen LogP contribution >= 0.6 is 0 Å². The molecule has 3 rings (SSSR count). The molecule has 0 unspecified atom stereocenters. The maximum atomic E-state index is 14.1. The lowest BCUT2D eigenvalue weighted by molar-refractivity contribution is -0.142. The van der Waals surface area contributed by atoms with Gasteiger partial charge in [-0.25, -0.2) is 17.9 Å². The molecule has 0 aliphatic rings. The highest BCUT2D eigenvalue weighted by atomic mass is 32.2. The summed E-state index contributed by atoms with van der Waals surface area (Å²) < 4.78 is 79.4. The number of nitrogens with zero attached hydrogens (tertiary/aromatic N) is 2. The maximum absolute atomic E-state index is 14.1. The van der Waals surface area contributed by atoms with E-state index in [1.807, 2.05) is 0 Å². The standard InChI is InChI=1S/C20H15F4N3O2S/c1-3-10-27-19(20(22,23)24)17(14-5-4-12(2)16(21)11-14)18(26-27)13-6-8-15(9-7-13)30(25,28)29/h4-9,11H,1-2H3,(H2,25,28,29). The van der Waals surface area contributed by atoms with Crippen molar-refractivity contribution in [1.82, 2.24) is 9.78 Å². The van der Waals surface area contributed by atoms with Crippen LogP contribution in [-0.2, 0) is 16.2 Å². The van der Waals surface area contributed by atoms with E-state index in [-0.39, 0.29) is 32.8 Å². The fraction of sp³-hybridized carbons (Fsp3) is 0.150. The van der Waals surface area contributed by atoms with Crippen molar-refractivity contribution >= 4 is 10.0 Å². The third kappa shape index (κ3) is 4.08. The molecule has 0 atom stereocenters. The highest BCUT2D eigenvalue weighted by Crippen LogP contribution is 2.42. The average Bonchev–Trinajstić information content (AvgIpc) is 3.03. The first-order valence-corrected chi connectivity index (χ1v) is 10.0. The van der Waals surface area contributed by atoms with Crippen LogP contribution in [0.25, 0.3) is 22.4 Å². The Morgan fingerprint density at radius 1 is 1.07 bits per heavy atom. The normalized spacial score (nSPS) is 11.8. The number of aromatic nitrogens is 2. The Balaban J connectivity index is 2.37. The van der Waals surface area contributed by atoms with Crippen LogP contribution in [0.4, 0.5) is 17.6 Å². The van der Waals surface area contributed by atoms with E-state index >= 15 is 0 Å². The van der Waals surface area contributed by atoms with E-state index in [2.05, 4.69) is 17.1 Å². The van der Waals surface area contributed by atoms with E-state index in [4.69, 9.17) is 5.14 Å². The zero-order chi connectivity index (χ0) is 22.3. The second kappa shape index (κ2) is 7.59. The topological polar surface area (TPSA) is 78.0 Å². The van der Waals surface area contributed by atoms with Gasteiger partial charge in [0, 0.05) is 17.2 Å². The van der Waals surface area contributed by atoms with E-state index in [0.29, 0.717) is 4.68 Å². The van der Waals surface area contributed by atoms with Crippen LogP contribution < -0.4 is 5.14 Å². The van der Waals surface area contributed by atoms with E-state index in [9.17, 15) is 26.0 Å². The number of halogens is 4. The van der Waals surface area contributed by atoms with Crippen LogP contribution in [0, 0.1) is 24.7 Å². The SMILES string of the molecule is CC#Cn1nc(-c2ccc(S(N)(=O)=O)cc2)c(-c2ccc(C)c(F)c2)c1C(F)(F)F. The molecule has 0 saturated heterocycles. The van der Waals surface area contributed by atoms with Gasteiger partial charge in [-0.15, -0.1) is 0 Å². The molecule has 10 heteroatoms. The minimum absolute atomic E-state index is 0.0416. The summed E-state index contributed by atoms with van der Waals surface area (Å²) in [5.41, 5.74) is -1.25. The monoisotopic (exact) mass is 437 g/mol. The van der Waals surface area contributed by atoms with E-state index in [1.165, 1.54) is 38.1 Å². The molecule has 0 bridgehead atoms. The van der Waals surface area contributed by atoms with Crippen LogP contribution in [0.3, 0.4) is 0 Å². The maximum Gasteiger partial charge on any atom is 0.434 e. The summed E-state index contributed by atoms with van der Waals surface area (Å²) >= 11 is 0. The minimum atomic E-state index is -4.84. The van der Waals surface area contributed by atoms with Gasteiger partial charge in [-0.2, -0.15) is 23.0 Å². The highest BCUT2D eigenvalue weighted by Gasteiger charge is 2.41. The lowest BCUT2D eigenvalue weighted by atomic mass is 9.97. The molecule has 0 radical (unpaired) electrons. The van der Waals surface area contributed by atoms with Gasteiger partial charge in [0.2, 0.25) is 10.0 Å². The average molecular weight is 437 g/mol. The Morgan fingerprint density at radius 3 is 2.17 bits per heavy atom. The summed E-state index contributed by atoms with van der Waals surface area (Å²) in [5, 5.41) is 9.04. The first-order valence-electron chi connectivity index (χ1n) is 8.46. The van der Waals surface area contributed by atoms with Crippen molar-refractivity contribution < 1.29 is 26.0 Å². The molecule has 156 valence electrons. The van der Waals surface area contributed by atoms with Crippen molar-refractivity contribution in [3.05, 3.63) is 59.5 Å². The number of rotatable bonds is 3. The van der Waals surface area contributed by atoms with Crippen molar-refractivity contribution in [1.29, 1.82) is 0 Å². The number of alkyl halides is 3. The zero-order valence-corrected chi connectivity index (χ0v) is 16.6. The number of benzene rings is 2. The second-order valence-electron chi connectivity index (χ2n) is 6.38. The van der Waals surface area contributed by atoms with Gasteiger partial charge in [0.25, 0.3) is 0 Å². The summed E-state index contributed by atoms with van der Waals surface area (Å²) in [6.07, 6.45) is -4.84. The quantitative estimate of drug-likeness (QED) is 0.494. The third-order valence-electron chi connectivity index (χ3n) is 4.29. The summed E-state index contributed by atoms with van der Waals surface area (Å²) in [4.78, 5) is -0.210. The van der Waals surface area contributed by atoms with Crippen LogP contribution in [-0.4, -0.2) is 18.2 Å². The molecule has 0 saturated carbocycles. The van der Waals surface area contributed by atoms with E-state index < -0.39 is 27.7 Å². The predicted octanol–water partition coefficient (Wildman–Crippen LogP) is 4.16. The molecular weight excluding hydrogens is 422 g/mol. The molecule has 30 heavy (non-hydrogen) atoms. The summed E-state index contributed by atoms with van der Waals surface area (Å²) in [6.45, 7) is 2.84. The molecule has 0 fully saturated rings. The molecule has 5 nitrogen and oxygen atoms in total. The molecule has 2 aromatic carbocycles. The van der Waals surface area contributed by atoms with Gasteiger partial charge in [-0.1, -0.05) is 30.2 Å². The summed E-state index contributed by atoms with van der Waals surface area (Å²) in [7, 11) is -3.99. The van der Waals surface area contributed by atoms with Gasteiger partial charge >= 0.3 is 6.18 Å². The van der Waals surface area contributed by atoms with Crippen molar-refractivity contribution in [2.24, 2.45) is 5.14 Å². The summed E-state index contributed by atoms with van der Waals surface area (Å²) in [5.74, 6) is 1.69. The minimum Gasteiger partial charge on any atom is -0.225 e. The molecule has 0 aliphatic carbocycles. The van der Waals surface area contributed by atoms with Crippen molar-refractivity contribution in [3.8, 4) is 34.3 Å². The molecule has 0 amide bonds. The Kier molecular flexibility index (Phi) is 5.45. The molecule has 1 aromatic heterocycles. The van der Waals surface area contributed by atoms with E-state index in [1.54, 1.807) is 0 Å². The lowest BCUT2D eigenvalue weighted by Gasteiger charge is -2.11. The molecule has 3 aromatic rings. The third-order valence-corrected chi connectivity index (χ3v) is 5.22. The number of sulfonamides is 1. The Labute approximate surface area is 170 Å². The molecule has 0 spiro atoms. The number of nitrogens with two attached hydrogens (primary N) is 1. The van der Waals surface area contributed by atoms with E-state index in [0.717, 1.165) is 18.2 Å². The van der Waals surface area contributed by atoms with Gasteiger partial charge in [0.05, 0.1) is 4.90 Å². The number of aryl methyl sites for hydroxylation is 1. The number of hydrogen-bond donors (Lipinski definition) is 1. The van der Waals surface area contributed by atoms with Gasteiger partial charge in [0.15, 0.2) is 5.69 Å². The van der Waals surface area contributed by atoms with Crippen molar-refractivity contribution in [2.45, 2.75) is 24.9 Å². The lowest BCUT2D eigenvalue weighted by Crippen LogP contribution is -2.13. The van der Waals surface area contributed by atoms with Crippen LogP contribution in [0.15, 0.2) is 47.4 Å². The molecule has 0 aliphatic heterocycles. The number of primary sulfonamides is 1. The fourth-order valence-electron chi connectivity index (χ4n) is 2.89. The molecule has 1 heterocycles. The molecule has 2 N–H and O–H groups in total. The number of hydrogen-bond acceptors (Lipinski definition) is 3. The Morgan fingerprint density at radius 2 is 1.67 bits per heavy atom. The van der Waals surface area contributed by atoms with Gasteiger partial charge < -0.3 is 0 Å².